The summed E-state index contributed by atoms with van der Waals surface area (Å²) in [6.07, 6.45) is 3.19. The van der Waals surface area contributed by atoms with E-state index in [0.717, 1.165) is 30.5 Å². The molecule has 0 aliphatic carbocycles. The molecule has 0 unspecified atom stereocenters. The van der Waals surface area contributed by atoms with E-state index in [0.29, 0.717) is 29.6 Å². The average Bonchev–Trinajstić information content (AvgIpc) is 2.58. The number of carbonyl (C=O) groups excluding carboxylic acids is 1. The smallest absolute Gasteiger partial charge is 0.270 e. The minimum absolute atomic E-state index is 0.180. The third kappa shape index (κ3) is 5.45. The Bertz CT molecular complexity index is 731. The van der Waals surface area contributed by atoms with Crippen molar-refractivity contribution in [2.75, 3.05) is 19.0 Å². The standard InChI is InChI=1S/C19H26N4O2/c1-5-6-7-10-20-19(24)16-12-18(22-14(3)21-16)23-15-11-13(2)8-9-17(15)25-4/h8-9,11-12H,5-7,10H2,1-4H3,(H,20,24)(H,21,22,23). The predicted octanol–water partition coefficient (Wildman–Crippen LogP) is 3.77. The van der Waals surface area contributed by atoms with E-state index >= 15 is 0 Å². The SMILES string of the molecule is CCCCCNC(=O)c1cc(Nc2cc(C)ccc2OC)nc(C)n1. The van der Waals surface area contributed by atoms with Gasteiger partial charge in [0.1, 0.15) is 23.1 Å². The van der Waals surface area contributed by atoms with Gasteiger partial charge in [-0.3, -0.25) is 4.79 Å². The zero-order valence-corrected chi connectivity index (χ0v) is 15.3. The largest absolute Gasteiger partial charge is 0.495 e. The molecule has 0 aliphatic heterocycles. The number of carbonyl (C=O) groups is 1. The number of amides is 1. The third-order valence-electron chi connectivity index (χ3n) is 3.75. The highest BCUT2D eigenvalue weighted by molar-refractivity contribution is 5.93. The van der Waals surface area contributed by atoms with Gasteiger partial charge in [0, 0.05) is 12.6 Å². The molecule has 0 saturated heterocycles. The van der Waals surface area contributed by atoms with Gasteiger partial charge in [0.05, 0.1) is 12.8 Å². The van der Waals surface area contributed by atoms with Crippen molar-refractivity contribution in [2.24, 2.45) is 0 Å². The molecule has 1 aromatic heterocycles. The number of nitrogens with zero attached hydrogens (tertiary/aromatic N) is 2. The molecule has 0 saturated carbocycles. The molecule has 1 heterocycles. The number of unbranched alkanes of at least 4 members (excludes halogenated alkanes) is 2. The fourth-order valence-electron chi connectivity index (χ4n) is 2.47. The van der Waals surface area contributed by atoms with Gasteiger partial charge in [-0.15, -0.1) is 0 Å². The minimum Gasteiger partial charge on any atom is -0.495 e. The van der Waals surface area contributed by atoms with Gasteiger partial charge in [-0.1, -0.05) is 25.8 Å². The lowest BCUT2D eigenvalue weighted by atomic mass is 10.2. The molecule has 2 N–H and O–H groups in total. The quantitative estimate of drug-likeness (QED) is 0.714. The molecule has 0 bridgehead atoms. The number of nitrogens with one attached hydrogen (secondary N) is 2. The van der Waals surface area contributed by atoms with Crippen LogP contribution in [0.25, 0.3) is 0 Å². The fourth-order valence-corrected chi connectivity index (χ4v) is 2.47. The van der Waals surface area contributed by atoms with Crippen LogP contribution in [0.5, 0.6) is 5.75 Å². The summed E-state index contributed by atoms with van der Waals surface area (Å²) < 4.78 is 5.37. The van der Waals surface area contributed by atoms with Crippen LogP contribution in [-0.2, 0) is 0 Å². The van der Waals surface area contributed by atoms with E-state index in [1.54, 1.807) is 20.1 Å². The maximum Gasteiger partial charge on any atom is 0.270 e. The topological polar surface area (TPSA) is 76.1 Å². The van der Waals surface area contributed by atoms with Gasteiger partial charge in [-0.25, -0.2) is 9.97 Å². The lowest BCUT2D eigenvalue weighted by Gasteiger charge is -2.12. The highest BCUT2D eigenvalue weighted by Gasteiger charge is 2.11. The molecule has 1 amide bonds. The summed E-state index contributed by atoms with van der Waals surface area (Å²) in [6, 6.07) is 7.50. The Labute approximate surface area is 149 Å². The van der Waals surface area contributed by atoms with E-state index in [9.17, 15) is 4.79 Å². The van der Waals surface area contributed by atoms with Gasteiger partial charge in [0.25, 0.3) is 5.91 Å². The summed E-state index contributed by atoms with van der Waals surface area (Å²) in [5.41, 5.74) is 2.26. The molecule has 1 aromatic carbocycles. The first-order chi connectivity index (χ1) is 12.0. The molecule has 2 aromatic rings. The van der Waals surface area contributed by atoms with Gasteiger partial charge in [-0.05, 0) is 38.0 Å². The Morgan fingerprint density at radius 3 is 2.68 bits per heavy atom. The van der Waals surface area contributed by atoms with Crippen molar-refractivity contribution in [1.82, 2.24) is 15.3 Å². The van der Waals surface area contributed by atoms with Crippen LogP contribution in [0, 0.1) is 13.8 Å². The monoisotopic (exact) mass is 342 g/mol. The summed E-state index contributed by atoms with van der Waals surface area (Å²) in [7, 11) is 1.62. The van der Waals surface area contributed by atoms with Crippen LogP contribution in [0.2, 0.25) is 0 Å². The Hall–Kier alpha value is -2.63. The summed E-state index contributed by atoms with van der Waals surface area (Å²) in [5, 5.41) is 6.12. The van der Waals surface area contributed by atoms with Gasteiger partial charge in [0.2, 0.25) is 0 Å². The lowest BCUT2D eigenvalue weighted by Crippen LogP contribution is -2.25. The number of hydrogen-bond acceptors (Lipinski definition) is 5. The molecule has 25 heavy (non-hydrogen) atoms. The third-order valence-corrected chi connectivity index (χ3v) is 3.75. The maximum absolute atomic E-state index is 12.3. The van der Waals surface area contributed by atoms with E-state index in [2.05, 4.69) is 27.5 Å². The Morgan fingerprint density at radius 1 is 1.16 bits per heavy atom. The number of benzene rings is 1. The number of anilines is 2. The van der Waals surface area contributed by atoms with Crippen LogP contribution in [-0.4, -0.2) is 29.5 Å². The summed E-state index contributed by atoms with van der Waals surface area (Å²) in [6.45, 7) is 6.56. The number of hydrogen-bond donors (Lipinski definition) is 2. The first-order valence-electron chi connectivity index (χ1n) is 8.59. The van der Waals surface area contributed by atoms with E-state index < -0.39 is 0 Å². The van der Waals surface area contributed by atoms with E-state index in [1.165, 1.54) is 0 Å². The van der Waals surface area contributed by atoms with Gasteiger partial charge >= 0.3 is 0 Å². The first-order valence-corrected chi connectivity index (χ1v) is 8.59. The second-order valence-electron chi connectivity index (χ2n) is 5.98. The average molecular weight is 342 g/mol. The number of rotatable bonds is 8. The van der Waals surface area contributed by atoms with Gasteiger partial charge in [0.15, 0.2) is 0 Å². The Morgan fingerprint density at radius 2 is 1.96 bits per heavy atom. The van der Waals surface area contributed by atoms with Crippen molar-refractivity contribution in [3.63, 3.8) is 0 Å². The minimum atomic E-state index is -0.180. The van der Waals surface area contributed by atoms with E-state index in [1.807, 2.05) is 25.1 Å². The second kappa shape index (κ2) is 9.01. The lowest BCUT2D eigenvalue weighted by molar-refractivity contribution is 0.0947. The Balaban J connectivity index is 2.16. The molecular weight excluding hydrogens is 316 g/mol. The highest BCUT2D eigenvalue weighted by atomic mass is 16.5. The van der Waals surface area contributed by atoms with Crippen LogP contribution >= 0.6 is 0 Å². The molecule has 0 spiro atoms. The molecule has 0 aliphatic rings. The van der Waals surface area contributed by atoms with Crippen molar-refractivity contribution in [3.05, 3.63) is 41.3 Å². The summed E-state index contributed by atoms with van der Waals surface area (Å²) >= 11 is 0. The fraction of sp³-hybridized carbons (Fsp3) is 0.421. The van der Waals surface area contributed by atoms with Crippen LogP contribution in [0.1, 0.15) is 48.1 Å². The zero-order valence-electron chi connectivity index (χ0n) is 15.3. The molecular formula is C19H26N4O2. The number of ether oxygens (including phenoxy) is 1. The van der Waals surface area contributed by atoms with Crippen molar-refractivity contribution in [2.45, 2.75) is 40.0 Å². The summed E-state index contributed by atoms with van der Waals surface area (Å²) in [5.74, 6) is 1.64. The van der Waals surface area contributed by atoms with Crippen molar-refractivity contribution in [1.29, 1.82) is 0 Å². The van der Waals surface area contributed by atoms with Crippen LogP contribution in [0.4, 0.5) is 11.5 Å². The molecule has 0 fully saturated rings. The number of aryl methyl sites for hydroxylation is 2. The normalized spacial score (nSPS) is 10.4. The van der Waals surface area contributed by atoms with Crippen LogP contribution in [0.15, 0.2) is 24.3 Å². The molecule has 2 rings (SSSR count). The molecule has 6 heteroatoms. The number of aromatic nitrogens is 2. The predicted molar refractivity (Wildman–Crippen MR) is 99.6 cm³/mol. The van der Waals surface area contributed by atoms with Crippen molar-refractivity contribution in [3.8, 4) is 5.75 Å². The molecule has 6 nitrogen and oxygen atoms in total. The summed E-state index contributed by atoms with van der Waals surface area (Å²) in [4.78, 5) is 20.9. The van der Waals surface area contributed by atoms with E-state index in [-0.39, 0.29) is 5.91 Å². The van der Waals surface area contributed by atoms with Gasteiger partial charge < -0.3 is 15.4 Å². The van der Waals surface area contributed by atoms with Crippen LogP contribution in [0.3, 0.4) is 0 Å². The number of methoxy groups -OCH3 is 1. The second-order valence-corrected chi connectivity index (χ2v) is 5.98. The maximum atomic E-state index is 12.3. The van der Waals surface area contributed by atoms with Crippen molar-refractivity contribution >= 4 is 17.4 Å². The van der Waals surface area contributed by atoms with Gasteiger partial charge in [-0.2, -0.15) is 0 Å². The van der Waals surface area contributed by atoms with Crippen molar-refractivity contribution < 1.29 is 9.53 Å². The van der Waals surface area contributed by atoms with E-state index in [4.69, 9.17) is 4.74 Å². The Kier molecular flexibility index (Phi) is 6.74. The first kappa shape index (κ1) is 18.7. The molecule has 134 valence electrons. The van der Waals surface area contributed by atoms with Crippen LogP contribution < -0.4 is 15.4 Å². The zero-order chi connectivity index (χ0) is 18.2. The highest BCUT2D eigenvalue weighted by Crippen LogP contribution is 2.28. The molecule has 0 radical (unpaired) electrons. The molecule has 0 atom stereocenters.